The van der Waals surface area contributed by atoms with Crippen molar-refractivity contribution >= 4 is 19.4 Å². The van der Waals surface area contributed by atoms with Crippen LogP contribution >= 0.6 is 19.4 Å². The summed E-state index contributed by atoms with van der Waals surface area (Å²) < 4.78 is 30.0. The molecule has 5 nitrogen and oxygen atoms in total. The highest BCUT2D eigenvalue weighted by Gasteiger charge is 2.22. The van der Waals surface area contributed by atoms with E-state index in [1.165, 1.54) is 0 Å². The van der Waals surface area contributed by atoms with E-state index in [2.05, 4.69) is 14.1 Å². The van der Waals surface area contributed by atoms with E-state index in [1.807, 2.05) is 0 Å². The van der Waals surface area contributed by atoms with E-state index >= 15 is 0 Å². The highest BCUT2D eigenvalue weighted by atomic mass is 35.5. The summed E-state index contributed by atoms with van der Waals surface area (Å²) in [6, 6.07) is 0. The van der Waals surface area contributed by atoms with Crippen LogP contribution < -0.4 is 0 Å². The topological polar surface area (TPSA) is 65.0 Å². The van der Waals surface area contributed by atoms with E-state index in [4.69, 9.17) is 16.5 Å². The molecule has 0 aliphatic heterocycles. The molecule has 0 radical (unpaired) electrons. The molecular formula is C3H7ClFO5P. The average Bonchev–Trinajstić information content (AvgIpc) is 2.00. The predicted molar refractivity (Wildman–Crippen MR) is 34.6 cm³/mol. The number of hydrogen-bond acceptors (Lipinski definition) is 4. The normalized spacial score (nSPS) is 19.3. The maximum absolute atomic E-state index is 12.0. The molecule has 0 aromatic carbocycles. The second kappa shape index (κ2) is 5.03. The van der Waals surface area contributed by atoms with Crippen LogP contribution in [0.4, 0.5) is 4.39 Å². The van der Waals surface area contributed by atoms with Crippen molar-refractivity contribution in [3.05, 3.63) is 0 Å². The molecule has 0 amide bonds. The molecule has 0 fully saturated rings. The lowest BCUT2D eigenvalue weighted by molar-refractivity contribution is -0.286. The minimum Gasteiger partial charge on any atom is -0.301 e. The Morgan fingerprint density at radius 2 is 2.36 bits per heavy atom. The summed E-state index contributed by atoms with van der Waals surface area (Å²) in [7, 11) is -3.35. The zero-order valence-corrected chi connectivity index (χ0v) is 7.22. The molecule has 0 aliphatic rings. The molecule has 0 bridgehead atoms. The molecule has 0 rings (SSSR count). The summed E-state index contributed by atoms with van der Waals surface area (Å²) >= 11 is 4.93. The Hall–Kier alpha value is 0.290. The molecule has 8 heteroatoms. The van der Waals surface area contributed by atoms with Crippen LogP contribution in [0.1, 0.15) is 0 Å². The van der Waals surface area contributed by atoms with Gasteiger partial charge < -0.3 is 4.89 Å². The van der Waals surface area contributed by atoms with Crippen molar-refractivity contribution in [2.24, 2.45) is 0 Å². The first-order valence-electron chi connectivity index (χ1n) is 2.45. The van der Waals surface area contributed by atoms with Gasteiger partial charge in [-0.1, -0.05) is 0 Å². The van der Waals surface area contributed by atoms with Crippen molar-refractivity contribution in [3.8, 4) is 0 Å². The van der Waals surface area contributed by atoms with Gasteiger partial charge in [0, 0.05) is 7.11 Å². The van der Waals surface area contributed by atoms with E-state index in [9.17, 15) is 8.96 Å². The number of hydrogen-bond donors (Lipinski definition) is 1. The van der Waals surface area contributed by atoms with E-state index in [-0.39, 0.29) is 0 Å². The number of alkyl halides is 2. The molecule has 0 aliphatic carbocycles. The Morgan fingerprint density at radius 3 is 2.73 bits per heavy atom. The van der Waals surface area contributed by atoms with Gasteiger partial charge in [-0.3, -0.25) is 4.52 Å². The molecule has 2 unspecified atom stereocenters. The van der Waals surface area contributed by atoms with Crippen LogP contribution in [-0.2, 0) is 18.7 Å². The molecule has 0 aromatic rings. The van der Waals surface area contributed by atoms with Gasteiger partial charge in [0.2, 0.25) is 6.36 Å². The number of phosphoric ester groups is 1. The number of rotatable bonds is 5. The highest BCUT2D eigenvalue weighted by Crippen LogP contribution is 2.42. The molecule has 2 atom stereocenters. The van der Waals surface area contributed by atoms with Crippen molar-refractivity contribution in [1.82, 2.24) is 0 Å². The fourth-order valence-corrected chi connectivity index (χ4v) is 0.472. The zero-order chi connectivity index (χ0) is 8.91. The van der Waals surface area contributed by atoms with Crippen molar-refractivity contribution in [2.45, 2.75) is 6.36 Å². The van der Waals surface area contributed by atoms with Gasteiger partial charge >= 0.3 is 7.82 Å². The van der Waals surface area contributed by atoms with Crippen molar-refractivity contribution in [1.29, 1.82) is 0 Å². The van der Waals surface area contributed by atoms with Crippen LogP contribution in [0.2, 0.25) is 0 Å². The Balaban J connectivity index is 3.61. The zero-order valence-electron chi connectivity index (χ0n) is 5.57. The molecular weight excluding hydrogens is 201 g/mol. The lowest BCUT2D eigenvalue weighted by Crippen LogP contribution is -2.07. The Bertz CT molecular complexity index is 155. The van der Waals surface area contributed by atoms with Crippen LogP contribution in [0.5, 0.6) is 0 Å². The minimum absolute atomic E-state index is 0.496. The molecule has 11 heavy (non-hydrogen) atoms. The maximum Gasteiger partial charge on any atom is 0.499 e. The summed E-state index contributed by atoms with van der Waals surface area (Å²) in [5.74, 6) is -0.496. The number of halogens is 2. The molecule has 0 aromatic heterocycles. The maximum atomic E-state index is 12.0. The van der Waals surface area contributed by atoms with Crippen molar-refractivity contribution < 1.29 is 27.9 Å². The van der Waals surface area contributed by atoms with E-state index < -0.39 is 20.1 Å². The van der Waals surface area contributed by atoms with Gasteiger partial charge in [0.05, 0.1) is 5.88 Å². The van der Waals surface area contributed by atoms with Gasteiger partial charge in [0.25, 0.3) is 0 Å². The van der Waals surface area contributed by atoms with Gasteiger partial charge in [0.15, 0.2) is 0 Å². The average molecular weight is 209 g/mol. The molecule has 1 N–H and O–H groups in total. The molecule has 0 saturated carbocycles. The van der Waals surface area contributed by atoms with Gasteiger partial charge in [0.1, 0.15) is 0 Å². The van der Waals surface area contributed by atoms with E-state index in [0.29, 0.717) is 0 Å². The van der Waals surface area contributed by atoms with Crippen LogP contribution in [0, 0.1) is 0 Å². The summed E-state index contributed by atoms with van der Waals surface area (Å²) in [4.78, 5) is 12.2. The van der Waals surface area contributed by atoms with Crippen molar-refractivity contribution in [2.75, 3.05) is 13.0 Å². The van der Waals surface area contributed by atoms with E-state index in [0.717, 1.165) is 7.11 Å². The smallest absolute Gasteiger partial charge is 0.301 e. The quantitative estimate of drug-likeness (QED) is 0.318. The second-order valence-electron chi connectivity index (χ2n) is 1.39. The molecule has 0 saturated heterocycles. The lowest BCUT2D eigenvalue weighted by atomic mass is 10.8. The second-order valence-corrected chi connectivity index (χ2v) is 3.15. The summed E-state index contributed by atoms with van der Waals surface area (Å²) in [6.45, 7) is 0. The predicted octanol–water partition coefficient (Wildman–Crippen LogP) is 1.22. The Morgan fingerprint density at radius 1 is 1.82 bits per heavy atom. The Kier molecular flexibility index (Phi) is 5.16. The summed E-state index contributed by atoms with van der Waals surface area (Å²) in [6.07, 6.45) is -1.95. The van der Waals surface area contributed by atoms with Gasteiger partial charge in [-0.05, 0) is 0 Å². The van der Waals surface area contributed by atoms with Crippen LogP contribution in [0.25, 0.3) is 0 Å². The van der Waals surface area contributed by atoms with Crippen molar-refractivity contribution in [3.63, 3.8) is 0 Å². The van der Waals surface area contributed by atoms with Crippen LogP contribution in [-0.4, -0.2) is 24.2 Å². The minimum atomic E-state index is -4.26. The number of phosphoric acid groups is 1. The monoisotopic (exact) mass is 208 g/mol. The first-order valence-corrected chi connectivity index (χ1v) is 4.48. The molecule has 68 valence electrons. The standard InChI is InChI=1S/C3H7ClFO5P/c1-8-11(6,7)10-9-3(5)2-4/h3H,2H2,1H3,(H,6,7). The Labute approximate surface area is 67.6 Å². The first kappa shape index (κ1) is 11.3. The highest BCUT2D eigenvalue weighted by molar-refractivity contribution is 7.47. The SMILES string of the molecule is COP(=O)(O)OOC(F)CCl. The lowest BCUT2D eigenvalue weighted by Gasteiger charge is -2.08. The van der Waals surface area contributed by atoms with Crippen LogP contribution in [0.3, 0.4) is 0 Å². The van der Waals surface area contributed by atoms with Gasteiger partial charge in [-0.15, -0.1) is 16.3 Å². The summed E-state index contributed by atoms with van der Waals surface area (Å²) in [5, 5.41) is 0. The third-order valence-corrected chi connectivity index (χ3v) is 1.57. The third-order valence-electron chi connectivity index (χ3n) is 0.594. The largest absolute Gasteiger partial charge is 0.499 e. The third kappa shape index (κ3) is 5.55. The fraction of sp³-hybridized carbons (Fsp3) is 1.00. The fourth-order valence-electron chi connectivity index (χ4n) is 0.157. The molecule has 0 heterocycles. The first-order chi connectivity index (χ1) is 5.02. The molecule has 0 spiro atoms. The van der Waals surface area contributed by atoms with Gasteiger partial charge in [-0.2, -0.15) is 4.89 Å². The van der Waals surface area contributed by atoms with E-state index in [1.54, 1.807) is 0 Å². The summed E-state index contributed by atoms with van der Waals surface area (Å²) in [5.41, 5.74) is 0. The van der Waals surface area contributed by atoms with Crippen LogP contribution in [0.15, 0.2) is 0 Å². The van der Waals surface area contributed by atoms with Gasteiger partial charge in [-0.25, -0.2) is 8.96 Å².